The highest BCUT2D eigenvalue weighted by Crippen LogP contribution is 2.43. The molecule has 1 aliphatic carbocycles. The fourth-order valence-corrected chi connectivity index (χ4v) is 5.47. The second-order valence-corrected chi connectivity index (χ2v) is 10.2. The highest BCUT2D eigenvalue weighted by atomic mass is 19.1. The summed E-state index contributed by atoms with van der Waals surface area (Å²) in [4.78, 5) is 13.3. The monoisotopic (exact) mass is 535 g/mol. The Balaban J connectivity index is 1.25. The third-order valence-corrected chi connectivity index (χ3v) is 7.58. The normalized spacial score (nSPS) is 17.4. The summed E-state index contributed by atoms with van der Waals surface area (Å²) in [6.45, 7) is 0.552. The quantitative estimate of drug-likeness (QED) is 0.251. The van der Waals surface area contributed by atoms with Gasteiger partial charge < -0.3 is 19.9 Å². The van der Waals surface area contributed by atoms with Crippen LogP contribution in [-0.2, 0) is 40.4 Å². The van der Waals surface area contributed by atoms with E-state index in [0.29, 0.717) is 13.0 Å². The van der Waals surface area contributed by atoms with Crippen LogP contribution in [0.15, 0.2) is 103 Å². The van der Waals surface area contributed by atoms with Crippen molar-refractivity contribution in [3.63, 3.8) is 0 Å². The lowest BCUT2D eigenvalue weighted by Gasteiger charge is -2.30. The molecule has 4 aromatic rings. The van der Waals surface area contributed by atoms with Crippen molar-refractivity contribution < 1.29 is 23.8 Å². The molecular formula is C34H30FNO4. The first-order valence-corrected chi connectivity index (χ1v) is 13.5. The summed E-state index contributed by atoms with van der Waals surface area (Å²) in [6, 6.07) is 28.4. The second-order valence-electron chi connectivity index (χ2n) is 10.2. The molecule has 1 heterocycles. The van der Waals surface area contributed by atoms with Gasteiger partial charge >= 0.3 is 0 Å². The zero-order chi connectivity index (χ0) is 27.5. The molecule has 40 heavy (non-hydrogen) atoms. The number of rotatable bonds is 8. The van der Waals surface area contributed by atoms with Crippen LogP contribution < -0.4 is 5.32 Å². The van der Waals surface area contributed by atoms with E-state index in [1.807, 2.05) is 30.3 Å². The lowest BCUT2D eigenvalue weighted by molar-refractivity contribution is -0.150. The van der Waals surface area contributed by atoms with Crippen molar-refractivity contribution in [3.8, 4) is 11.1 Å². The van der Waals surface area contributed by atoms with E-state index < -0.39 is 6.29 Å². The molecule has 2 N–H and O–H groups in total. The van der Waals surface area contributed by atoms with Gasteiger partial charge in [0.1, 0.15) is 5.82 Å². The Labute approximate surface area is 232 Å². The SMILES string of the molecule is O=C(NCc1ccc(F)cc1)C1=CC(c2cccc3c2Cc2ccccc2-3)CC(OCc2ccc(CO)cc2)O1. The summed E-state index contributed by atoms with van der Waals surface area (Å²) in [7, 11) is 0. The van der Waals surface area contributed by atoms with Crippen molar-refractivity contribution in [2.75, 3.05) is 0 Å². The summed E-state index contributed by atoms with van der Waals surface area (Å²) in [6.07, 6.45) is 2.69. The number of hydrogen-bond acceptors (Lipinski definition) is 4. The van der Waals surface area contributed by atoms with Gasteiger partial charge in [-0.25, -0.2) is 4.39 Å². The number of nitrogens with one attached hydrogen (secondary N) is 1. The lowest BCUT2D eigenvalue weighted by atomic mass is 9.87. The molecule has 0 fully saturated rings. The van der Waals surface area contributed by atoms with Gasteiger partial charge in [0.2, 0.25) is 6.29 Å². The van der Waals surface area contributed by atoms with Gasteiger partial charge in [-0.2, -0.15) is 0 Å². The average molecular weight is 536 g/mol. The molecular weight excluding hydrogens is 505 g/mol. The number of benzene rings is 4. The van der Waals surface area contributed by atoms with Gasteiger partial charge in [0.05, 0.1) is 13.2 Å². The first-order chi connectivity index (χ1) is 19.6. The Kier molecular flexibility index (Phi) is 7.45. The molecule has 0 aromatic heterocycles. The molecule has 4 aromatic carbocycles. The fraction of sp³-hybridized carbons (Fsp3) is 0.206. The molecule has 6 rings (SSSR count). The van der Waals surface area contributed by atoms with Crippen LogP contribution in [0.3, 0.4) is 0 Å². The van der Waals surface area contributed by atoms with Gasteiger partial charge in [-0.05, 0) is 69.1 Å². The van der Waals surface area contributed by atoms with Gasteiger partial charge in [0, 0.05) is 18.9 Å². The number of aliphatic hydroxyl groups is 1. The van der Waals surface area contributed by atoms with Crippen molar-refractivity contribution in [1.29, 1.82) is 0 Å². The summed E-state index contributed by atoms with van der Waals surface area (Å²) in [5, 5.41) is 12.2. The zero-order valence-corrected chi connectivity index (χ0v) is 22.0. The molecule has 2 aliphatic rings. The van der Waals surface area contributed by atoms with Crippen molar-refractivity contribution in [3.05, 3.63) is 142 Å². The summed E-state index contributed by atoms with van der Waals surface area (Å²) >= 11 is 0. The molecule has 1 aliphatic heterocycles. The molecule has 0 saturated heterocycles. The Morgan fingerprint density at radius 3 is 2.42 bits per heavy atom. The highest BCUT2D eigenvalue weighted by Gasteiger charge is 2.32. The van der Waals surface area contributed by atoms with Crippen molar-refractivity contribution >= 4 is 5.91 Å². The molecule has 1 amide bonds. The molecule has 0 saturated carbocycles. The predicted octanol–water partition coefficient (Wildman–Crippen LogP) is 6.14. The maximum absolute atomic E-state index is 13.3. The standard InChI is InChI=1S/C34H30FNO4/c35-27-14-12-22(13-15-27)19-36-34(38)32-17-26(18-33(40-32)39-21-24-10-8-23(20-37)9-11-24)29-6-3-7-30-28-5-2-1-4-25(28)16-31(29)30/h1-15,17,26,33,37H,16,18-21H2,(H,36,38). The van der Waals surface area contributed by atoms with Gasteiger partial charge in [-0.1, -0.05) is 78.9 Å². The average Bonchev–Trinajstić information content (AvgIpc) is 3.38. The molecule has 2 unspecified atom stereocenters. The molecule has 6 heteroatoms. The molecule has 0 radical (unpaired) electrons. The minimum Gasteiger partial charge on any atom is -0.459 e. The van der Waals surface area contributed by atoms with Crippen LogP contribution in [0, 0.1) is 5.82 Å². The van der Waals surface area contributed by atoms with E-state index in [2.05, 4.69) is 47.8 Å². The summed E-state index contributed by atoms with van der Waals surface area (Å²) in [5.74, 6) is -0.524. The number of halogens is 1. The molecule has 5 nitrogen and oxygen atoms in total. The first-order valence-electron chi connectivity index (χ1n) is 13.5. The van der Waals surface area contributed by atoms with Crippen LogP contribution in [0.4, 0.5) is 4.39 Å². The lowest BCUT2D eigenvalue weighted by Crippen LogP contribution is -2.32. The van der Waals surface area contributed by atoms with Crippen molar-refractivity contribution in [2.45, 2.75) is 44.8 Å². The van der Waals surface area contributed by atoms with Gasteiger partial charge in [0.25, 0.3) is 5.91 Å². The van der Waals surface area contributed by atoms with E-state index in [0.717, 1.165) is 23.1 Å². The van der Waals surface area contributed by atoms with Gasteiger partial charge in [0.15, 0.2) is 5.76 Å². The topological polar surface area (TPSA) is 67.8 Å². The molecule has 202 valence electrons. The Morgan fingerprint density at radius 1 is 0.900 bits per heavy atom. The maximum atomic E-state index is 13.3. The number of hydrogen-bond donors (Lipinski definition) is 2. The second kappa shape index (κ2) is 11.5. The Hall–Kier alpha value is -4.26. The number of amides is 1. The van der Waals surface area contributed by atoms with Crippen LogP contribution in [0.1, 0.15) is 45.7 Å². The van der Waals surface area contributed by atoms with Crippen molar-refractivity contribution in [2.24, 2.45) is 0 Å². The molecule has 0 bridgehead atoms. The van der Waals surface area contributed by atoms with Gasteiger partial charge in [-0.15, -0.1) is 0 Å². The predicted molar refractivity (Wildman–Crippen MR) is 150 cm³/mol. The minimum atomic E-state index is -0.626. The smallest absolute Gasteiger partial charge is 0.286 e. The Bertz CT molecular complexity index is 1550. The molecule has 0 spiro atoms. The Morgan fingerprint density at radius 2 is 1.62 bits per heavy atom. The van der Waals surface area contributed by atoms with Crippen LogP contribution in [0.5, 0.6) is 0 Å². The van der Waals surface area contributed by atoms with Crippen LogP contribution in [0.2, 0.25) is 0 Å². The fourth-order valence-electron chi connectivity index (χ4n) is 5.47. The van der Waals surface area contributed by atoms with E-state index in [-0.39, 0.29) is 36.6 Å². The highest BCUT2D eigenvalue weighted by molar-refractivity contribution is 5.91. The first kappa shape index (κ1) is 26.0. The number of fused-ring (bicyclic) bond motifs is 3. The molecule has 2 atom stereocenters. The van der Waals surface area contributed by atoms with Crippen LogP contribution >= 0.6 is 0 Å². The van der Waals surface area contributed by atoms with Crippen LogP contribution in [-0.4, -0.2) is 17.3 Å². The van der Waals surface area contributed by atoms with Crippen molar-refractivity contribution in [1.82, 2.24) is 5.32 Å². The van der Waals surface area contributed by atoms with E-state index in [1.54, 1.807) is 12.1 Å². The van der Waals surface area contributed by atoms with E-state index in [4.69, 9.17) is 9.47 Å². The number of allylic oxidation sites excluding steroid dienone is 1. The van der Waals surface area contributed by atoms with Gasteiger partial charge in [-0.3, -0.25) is 4.79 Å². The minimum absolute atomic E-state index is 0.0129. The zero-order valence-electron chi connectivity index (χ0n) is 22.0. The maximum Gasteiger partial charge on any atom is 0.286 e. The summed E-state index contributed by atoms with van der Waals surface area (Å²) < 4.78 is 25.6. The third kappa shape index (κ3) is 5.55. The number of aliphatic hydroxyl groups excluding tert-OH is 1. The van der Waals surface area contributed by atoms with E-state index in [9.17, 15) is 14.3 Å². The largest absolute Gasteiger partial charge is 0.459 e. The van der Waals surface area contributed by atoms with E-state index in [1.165, 1.54) is 39.9 Å². The number of ether oxygens (including phenoxy) is 2. The summed E-state index contributed by atoms with van der Waals surface area (Å²) in [5.41, 5.74) is 8.81. The third-order valence-electron chi connectivity index (χ3n) is 7.58. The number of carbonyl (C=O) groups excluding carboxylic acids is 1. The van der Waals surface area contributed by atoms with E-state index >= 15 is 0 Å². The van der Waals surface area contributed by atoms with Crippen LogP contribution in [0.25, 0.3) is 11.1 Å². The number of carbonyl (C=O) groups is 1.